The molecule has 2 aromatic rings. The number of aromatic hydroxyl groups is 1. The van der Waals surface area contributed by atoms with Crippen molar-refractivity contribution in [3.05, 3.63) is 53.9 Å². The summed E-state index contributed by atoms with van der Waals surface area (Å²) in [4.78, 5) is 16.4. The van der Waals surface area contributed by atoms with E-state index in [9.17, 15) is 9.90 Å². The van der Waals surface area contributed by atoms with E-state index in [2.05, 4.69) is 21.2 Å². The summed E-state index contributed by atoms with van der Waals surface area (Å²) in [5, 5.41) is 13.4. The van der Waals surface area contributed by atoms with Crippen LogP contribution >= 0.6 is 0 Å². The Morgan fingerprint density at radius 3 is 2.92 bits per heavy atom. The van der Waals surface area contributed by atoms with Gasteiger partial charge in [0.25, 0.3) is 0 Å². The summed E-state index contributed by atoms with van der Waals surface area (Å²) in [5.41, 5.74) is 8.19. The third-order valence-corrected chi connectivity index (χ3v) is 5.03. The summed E-state index contributed by atoms with van der Waals surface area (Å²) in [5.74, 6) is 0.666. The highest BCUT2D eigenvalue weighted by Gasteiger charge is 2.47. The Kier molecular flexibility index (Phi) is 4.03. The number of carbonyl (C=O) groups is 1. The number of nitrogens with zero attached hydrogens (tertiary/aromatic N) is 1. The Hall–Kier alpha value is -2.64. The van der Waals surface area contributed by atoms with E-state index >= 15 is 0 Å². The zero-order valence-electron chi connectivity index (χ0n) is 13.8. The quantitative estimate of drug-likeness (QED) is 0.670. The number of fused-ring (bicyclic) bond motifs is 1. The minimum absolute atomic E-state index is 0.0277. The van der Waals surface area contributed by atoms with E-state index in [1.165, 1.54) is 0 Å². The number of phenols is 1. The van der Waals surface area contributed by atoms with E-state index in [-0.39, 0.29) is 35.7 Å². The molecule has 1 aromatic heterocycles. The predicted molar refractivity (Wildman–Crippen MR) is 90.7 cm³/mol. The summed E-state index contributed by atoms with van der Waals surface area (Å²) in [7, 11) is 1.59. The zero-order valence-corrected chi connectivity index (χ0v) is 13.8. The van der Waals surface area contributed by atoms with Crippen LogP contribution in [0.2, 0.25) is 0 Å². The predicted octanol–water partition coefficient (Wildman–Crippen LogP) is 1.19. The van der Waals surface area contributed by atoms with Gasteiger partial charge in [-0.3, -0.25) is 9.78 Å². The first kappa shape index (κ1) is 15.9. The molecule has 0 bridgehead atoms. The van der Waals surface area contributed by atoms with Crippen LogP contribution in [-0.2, 0) is 4.79 Å². The van der Waals surface area contributed by atoms with E-state index in [4.69, 9.17) is 4.74 Å². The maximum absolute atomic E-state index is 12.2. The average Bonchev–Trinajstić information content (AvgIpc) is 3.06. The van der Waals surface area contributed by atoms with Gasteiger partial charge in [-0.2, -0.15) is 0 Å². The number of amides is 1. The molecule has 4 rings (SSSR count). The maximum Gasteiger partial charge on any atom is 0.221 e. The van der Waals surface area contributed by atoms with Crippen LogP contribution in [0.25, 0.3) is 0 Å². The highest BCUT2D eigenvalue weighted by molar-refractivity contribution is 5.79. The normalized spacial score (nSPS) is 28.3. The SMILES string of the molecule is COc1ccc(O)c(C2CC(=O)NC3NNC(c4cccnc4)C32)c1. The van der Waals surface area contributed by atoms with Gasteiger partial charge in [-0.15, -0.1) is 0 Å². The van der Waals surface area contributed by atoms with E-state index in [0.717, 1.165) is 11.1 Å². The number of phenolic OH excluding ortho intramolecular Hbond substituents is 1. The van der Waals surface area contributed by atoms with Crippen LogP contribution in [0.4, 0.5) is 0 Å². The van der Waals surface area contributed by atoms with Crippen LogP contribution in [-0.4, -0.2) is 29.3 Å². The third-order valence-electron chi connectivity index (χ3n) is 5.03. The molecule has 4 unspecified atom stereocenters. The molecule has 25 heavy (non-hydrogen) atoms. The van der Waals surface area contributed by atoms with Gasteiger partial charge in [0.1, 0.15) is 11.5 Å². The molecule has 0 saturated carbocycles. The minimum Gasteiger partial charge on any atom is -0.508 e. The second-order valence-corrected chi connectivity index (χ2v) is 6.41. The fraction of sp³-hybridized carbons (Fsp3) is 0.333. The molecule has 2 aliphatic rings. The number of nitrogens with one attached hydrogen (secondary N) is 3. The van der Waals surface area contributed by atoms with E-state index in [1.54, 1.807) is 25.4 Å². The molecule has 7 heteroatoms. The number of hydrogen-bond acceptors (Lipinski definition) is 6. The Balaban J connectivity index is 1.76. The average molecular weight is 340 g/mol. The molecular formula is C18H20N4O3. The number of carbonyl (C=O) groups excluding carboxylic acids is 1. The van der Waals surface area contributed by atoms with Gasteiger partial charge in [0.2, 0.25) is 5.91 Å². The monoisotopic (exact) mass is 340 g/mol. The van der Waals surface area contributed by atoms with E-state index < -0.39 is 0 Å². The van der Waals surface area contributed by atoms with Crippen molar-refractivity contribution < 1.29 is 14.6 Å². The van der Waals surface area contributed by atoms with Crippen molar-refractivity contribution in [3.63, 3.8) is 0 Å². The van der Waals surface area contributed by atoms with Crippen molar-refractivity contribution in [2.45, 2.75) is 24.5 Å². The lowest BCUT2D eigenvalue weighted by molar-refractivity contribution is -0.125. The number of aromatic nitrogens is 1. The molecule has 4 atom stereocenters. The van der Waals surface area contributed by atoms with Gasteiger partial charge < -0.3 is 15.2 Å². The lowest BCUT2D eigenvalue weighted by atomic mass is 9.74. The minimum atomic E-state index is -0.220. The molecule has 2 fully saturated rings. The molecular weight excluding hydrogens is 320 g/mol. The number of piperidine rings is 1. The summed E-state index contributed by atoms with van der Waals surface area (Å²) in [6.07, 6.45) is 3.64. The standard InChI is InChI=1S/C18H20N4O3/c1-25-11-4-5-14(23)12(7-11)13-8-15(24)20-18-16(13)17(21-22-18)10-3-2-6-19-9-10/h2-7,9,13,16-18,21-23H,8H2,1H3,(H,20,24). The number of methoxy groups -OCH3 is 1. The van der Waals surface area contributed by atoms with Crippen molar-refractivity contribution in [1.29, 1.82) is 0 Å². The van der Waals surface area contributed by atoms with Crippen molar-refractivity contribution >= 4 is 5.91 Å². The Bertz CT molecular complexity index is 783. The molecule has 0 aliphatic carbocycles. The summed E-state index contributed by atoms with van der Waals surface area (Å²) >= 11 is 0. The van der Waals surface area contributed by atoms with Crippen LogP contribution in [0.3, 0.4) is 0 Å². The van der Waals surface area contributed by atoms with Crippen LogP contribution in [0, 0.1) is 5.92 Å². The Morgan fingerprint density at radius 2 is 2.16 bits per heavy atom. The molecule has 0 radical (unpaired) electrons. The molecule has 1 amide bonds. The smallest absolute Gasteiger partial charge is 0.221 e. The van der Waals surface area contributed by atoms with Gasteiger partial charge in [0.05, 0.1) is 19.3 Å². The number of pyridine rings is 1. The lowest BCUT2D eigenvalue weighted by Gasteiger charge is -2.36. The van der Waals surface area contributed by atoms with E-state index in [1.807, 2.05) is 24.4 Å². The van der Waals surface area contributed by atoms with Gasteiger partial charge in [-0.25, -0.2) is 10.9 Å². The van der Waals surface area contributed by atoms with Crippen LogP contribution in [0.5, 0.6) is 11.5 Å². The third kappa shape index (κ3) is 2.81. The van der Waals surface area contributed by atoms with Crippen LogP contribution in [0.1, 0.15) is 29.5 Å². The van der Waals surface area contributed by atoms with Gasteiger partial charge in [-0.1, -0.05) is 6.07 Å². The van der Waals surface area contributed by atoms with Crippen molar-refractivity contribution in [3.8, 4) is 11.5 Å². The summed E-state index contributed by atoms with van der Waals surface area (Å²) < 4.78 is 5.30. The van der Waals surface area contributed by atoms with Gasteiger partial charge in [0, 0.05) is 36.2 Å². The van der Waals surface area contributed by atoms with Gasteiger partial charge >= 0.3 is 0 Å². The van der Waals surface area contributed by atoms with Crippen molar-refractivity contribution in [2.75, 3.05) is 7.11 Å². The fourth-order valence-electron chi connectivity index (χ4n) is 3.87. The molecule has 0 spiro atoms. The lowest BCUT2D eigenvalue weighted by Crippen LogP contribution is -2.52. The van der Waals surface area contributed by atoms with Crippen molar-refractivity contribution in [1.82, 2.24) is 21.2 Å². The molecule has 3 heterocycles. The number of rotatable bonds is 3. The largest absolute Gasteiger partial charge is 0.508 e. The summed E-state index contributed by atoms with van der Waals surface area (Å²) in [6.45, 7) is 0. The fourth-order valence-corrected chi connectivity index (χ4v) is 3.87. The Morgan fingerprint density at radius 1 is 1.28 bits per heavy atom. The topological polar surface area (TPSA) is 95.5 Å². The summed E-state index contributed by atoms with van der Waals surface area (Å²) in [6, 6.07) is 9.01. The number of benzene rings is 1. The first-order valence-corrected chi connectivity index (χ1v) is 8.24. The number of hydrogen-bond donors (Lipinski definition) is 4. The number of hydrazine groups is 1. The highest BCUT2D eigenvalue weighted by Crippen LogP contribution is 2.45. The highest BCUT2D eigenvalue weighted by atomic mass is 16.5. The molecule has 2 aliphatic heterocycles. The van der Waals surface area contributed by atoms with Crippen molar-refractivity contribution in [2.24, 2.45) is 5.92 Å². The first-order valence-electron chi connectivity index (χ1n) is 8.24. The second kappa shape index (κ2) is 6.34. The van der Waals surface area contributed by atoms with E-state index in [0.29, 0.717) is 12.2 Å². The molecule has 7 nitrogen and oxygen atoms in total. The number of ether oxygens (including phenoxy) is 1. The van der Waals surface area contributed by atoms with Gasteiger partial charge in [0.15, 0.2) is 0 Å². The van der Waals surface area contributed by atoms with Gasteiger partial charge in [-0.05, 0) is 29.8 Å². The zero-order chi connectivity index (χ0) is 17.4. The first-order chi connectivity index (χ1) is 12.2. The molecule has 4 N–H and O–H groups in total. The van der Waals surface area contributed by atoms with Crippen LogP contribution in [0.15, 0.2) is 42.7 Å². The van der Waals surface area contributed by atoms with Crippen LogP contribution < -0.4 is 20.9 Å². The second-order valence-electron chi connectivity index (χ2n) is 6.41. The molecule has 1 aromatic carbocycles. The molecule has 130 valence electrons. The Labute approximate surface area is 145 Å². The maximum atomic E-state index is 12.2. The molecule has 2 saturated heterocycles.